The first-order chi connectivity index (χ1) is 8.85. The number of benzene rings is 1. The van der Waals surface area contributed by atoms with Crippen LogP contribution in [0.25, 0.3) is 0 Å². The molecule has 0 spiro atoms. The fraction of sp³-hybridized carbons (Fsp3) is 0.538. The van der Waals surface area contributed by atoms with E-state index >= 15 is 0 Å². The molecule has 0 fully saturated rings. The van der Waals surface area contributed by atoms with E-state index in [9.17, 15) is 8.42 Å². The van der Waals surface area contributed by atoms with Gasteiger partial charge in [-0.25, -0.2) is 8.42 Å². The van der Waals surface area contributed by atoms with Gasteiger partial charge in [-0.3, -0.25) is 0 Å². The molecule has 1 aromatic carbocycles. The van der Waals surface area contributed by atoms with Crippen LogP contribution in [0.2, 0.25) is 0 Å². The molecule has 0 aliphatic rings. The molecule has 1 atom stereocenters. The first-order valence-corrected chi connectivity index (χ1v) is 8.85. The highest BCUT2D eigenvalue weighted by atomic mass is 79.9. The average Bonchev–Trinajstić information content (AvgIpc) is 2.34. The van der Waals surface area contributed by atoms with Crippen LogP contribution in [0.1, 0.15) is 31.9 Å². The zero-order valence-corrected chi connectivity index (χ0v) is 13.6. The van der Waals surface area contributed by atoms with Gasteiger partial charge in [-0.1, -0.05) is 28.9 Å². The van der Waals surface area contributed by atoms with E-state index in [1.807, 2.05) is 25.1 Å². The Morgan fingerprint density at radius 1 is 1.42 bits per heavy atom. The molecule has 6 heteroatoms. The van der Waals surface area contributed by atoms with Crippen LogP contribution in [0.4, 0.5) is 0 Å². The monoisotopic (exact) mass is 349 g/mol. The minimum atomic E-state index is -2.92. The number of rotatable bonds is 7. The fourth-order valence-electron chi connectivity index (χ4n) is 1.61. The highest BCUT2D eigenvalue weighted by molar-refractivity contribution is 9.10. The Kier molecular flexibility index (Phi) is 6.29. The van der Waals surface area contributed by atoms with Crippen molar-refractivity contribution in [3.63, 3.8) is 0 Å². The van der Waals surface area contributed by atoms with Gasteiger partial charge in [0.2, 0.25) is 0 Å². The molecule has 4 nitrogen and oxygen atoms in total. The second-order valence-electron chi connectivity index (χ2n) is 4.41. The van der Waals surface area contributed by atoms with Crippen molar-refractivity contribution in [3.05, 3.63) is 28.2 Å². The molecule has 0 heterocycles. The molecular weight excluding hydrogens is 330 g/mol. The van der Waals surface area contributed by atoms with Crippen molar-refractivity contribution < 1.29 is 13.2 Å². The lowest BCUT2D eigenvalue weighted by atomic mass is 10.1. The Morgan fingerprint density at radius 2 is 2.11 bits per heavy atom. The van der Waals surface area contributed by atoms with Gasteiger partial charge in [-0.05, 0) is 25.5 Å². The van der Waals surface area contributed by atoms with Crippen LogP contribution in [0, 0.1) is 0 Å². The maximum atomic E-state index is 11.4. The van der Waals surface area contributed by atoms with Gasteiger partial charge in [0.1, 0.15) is 15.6 Å². The summed E-state index contributed by atoms with van der Waals surface area (Å²) in [6, 6.07) is 5.55. The molecule has 0 aromatic heterocycles. The van der Waals surface area contributed by atoms with E-state index in [0.29, 0.717) is 18.8 Å². The average molecular weight is 350 g/mol. The first-order valence-electron chi connectivity index (χ1n) is 6.24. The lowest BCUT2D eigenvalue weighted by Crippen LogP contribution is -2.13. The van der Waals surface area contributed by atoms with Gasteiger partial charge in [0.15, 0.2) is 0 Å². The molecule has 2 N–H and O–H groups in total. The predicted octanol–water partition coefficient (Wildman–Crippen LogP) is 2.67. The van der Waals surface area contributed by atoms with Crippen LogP contribution in [0.5, 0.6) is 5.75 Å². The number of hydrogen-bond donors (Lipinski definition) is 1. The second-order valence-corrected chi connectivity index (χ2v) is 7.80. The molecule has 0 aliphatic carbocycles. The van der Waals surface area contributed by atoms with E-state index in [2.05, 4.69) is 15.9 Å². The Hall–Kier alpha value is -0.590. The molecule has 0 saturated heterocycles. The molecule has 0 saturated carbocycles. The smallest absolute Gasteiger partial charge is 0.150 e. The van der Waals surface area contributed by atoms with E-state index in [0.717, 1.165) is 10.0 Å². The third-order valence-corrected chi connectivity index (χ3v) is 5.05. The Balaban J connectivity index is 2.60. The van der Waals surface area contributed by atoms with Crippen LogP contribution in [-0.4, -0.2) is 26.5 Å². The Labute approximate surface area is 123 Å². The molecule has 1 rings (SSSR count). The van der Waals surface area contributed by atoms with Gasteiger partial charge in [-0.2, -0.15) is 0 Å². The van der Waals surface area contributed by atoms with Gasteiger partial charge < -0.3 is 10.5 Å². The maximum Gasteiger partial charge on any atom is 0.150 e. The fourth-order valence-corrected chi connectivity index (χ4v) is 2.80. The SMILES string of the molecule is CCS(=O)(=O)CCCOc1cc(Br)ccc1[C@H](C)N. The standard InChI is InChI=1S/C13H20BrNO3S/c1-3-19(16,17)8-4-7-18-13-9-11(14)5-6-12(13)10(2)15/h5-6,9-10H,3-4,7-8,15H2,1-2H3/t10-/m0/s1. The topological polar surface area (TPSA) is 69.4 Å². The van der Waals surface area contributed by atoms with E-state index in [4.69, 9.17) is 10.5 Å². The summed E-state index contributed by atoms with van der Waals surface area (Å²) in [5.41, 5.74) is 6.79. The molecule has 19 heavy (non-hydrogen) atoms. The number of hydrogen-bond acceptors (Lipinski definition) is 4. The molecule has 0 radical (unpaired) electrons. The third kappa shape index (κ3) is 5.50. The Morgan fingerprint density at radius 3 is 2.68 bits per heavy atom. The molecule has 108 valence electrons. The van der Waals surface area contributed by atoms with Crippen molar-refractivity contribution in [2.24, 2.45) is 5.73 Å². The summed E-state index contributed by atoms with van der Waals surface area (Å²) in [7, 11) is -2.92. The summed E-state index contributed by atoms with van der Waals surface area (Å²) in [5, 5.41) is 0. The van der Waals surface area contributed by atoms with Crippen molar-refractivity contribution in [2.45, 2.75) is 26.3 Å². The molecule has 0 amide bonds. The number of sulfone groups is 1. The zero-order chi connectivity index (χ0) is 14.5. The zero-order valence-electron chi connectivity index (χ0n) is 11.2. The van der Waals surface area contributed by atoms with Crippen molar-refractivity contribution in [1.82, 2.24) is 0 Å². The molecule has 0 bridgehead atoms. The minimum absolute atomic E-state index is 0.123. The van der Waals surface area contributed by atoms with Gasteiger partial charge in [0, 0.05) is 21.8 Å². The highest BCUT2D eigenvalue weighted by Gasteiger charge is 2.10. The van der Waals surface area contributed by atoms with Crippen LogP contribution >= 0.6 is 15.9 Å². The van der Waals surface area contributed by atoms with Gasteiger partial charge in [0.05, 0.1) is 12.4 Å². The third-order valence-electron chi connectivity index (χ3n) is 2.76. The van der Waals surface area contributed by atoms with Crippen LogP contribution < -0.4 is 10.5 Å². The van der Waals surface area contributed by atoms with Crippen molar-refractivity contribution >= 4 is 25.8 Å². The van der Waals surface area contributed by atoms with Gasteiger partial charge >= 0.3 is 0 Å². The summed E-state index contributed by atoms with van der Waals surface area (Å²) in [4.78, 5) is 0. The van der Waals surface area contributed by atoms with E-state index < -0.39 is 9.84 Å². The van der Waals surface area contributed by atoms with Gasteiger partial charge in [-0.15, -0.1) is 0 Å². The lowest BCUT2D eigenvalue weighted by Gasteiger charge is -2.14. The van der Waals surface area contributed by atoms with E-state index in [-0.39, 0.29) is 17.5 Å². The van der Waals surface area contributed by atoms with Crippen molar-refractivity contribution in [1.29, 1.82) is 0 Å². The summed E-state index contributed by atoms with van der Waals surface area (Å²) in [6.07, 6.45) is 0.487. The Bertz CT molecular complexity index is 515. The minimum Gasteiger partial charge on any atom is -0.493 e. The summed E-state index contributed by atoms with van der Waals surface area (Å²) >= 11 is 3.38. The molecular formula is C13H20BrNO3S. The molecule has 0 unspecified atom stereocenters. The molecule has 0 aliphatic heterocycles. The number of nitrogens with two attached hydrogens (primary N) is 1. The second kappa shape index (κ2) is 7.26. The van der Waals surface area contributed by atoms with E-state index in [1.165, 1.54) is 0 Å². The maximum absolute atomic E-state index is 11.4. The number of halogens is 1. The van der Waals surface area contributed by atoms with Crippen molar-refractivity contribution in [3.8, 4) is 5.75 Å². The van der Waals surface area contributed by atoms with Crippen LogP contribution in [0.3, 0.4) is 0 Å². The van der Waals surface area contributed by atoms with Crippen LogP contribution in [0.15, 0.2) is 22.7 Å². The number of ether oxygens (including phenoxy) is 1. The summed E-state index contributed by atoms with van der Waals surface area (Å²) in [5.74, 6) is 1.04. The summed E-state index contributed by atoms with van der Waals surface area (Å²) in [6.45, 7) is 3.91. The quantitative estimate of drug-likeness (QED) is 0.768. The predicted molar refractivity (Wildman–Crippen MR) is 81.2 cm³/mol. The molecule has 1 aromatic rings. The first kappa shape index (κ1) is 16.5. The van der Waals surface area contributed by atoms with Crippen LogP contribution in [-0.2, 0) is 9.84 Å². The largest absolute Gasteiger partial charge is 0.493 e. The highest BCUT2D eigenvalue weighted by Crippen LogP contribution is 2.27. The normalized spacial score (nSPS) is 13.3. The van der Waals surface area contributed by atoms with E-state index in [1.54, 1.807) is 6.92 Å². The van der Waals surface area contributed by atoms with Crippen molar-refractivity contribution in [2.75, 3.05) is 18.1 Å². The van der Waals surface area contributed by atoms with Gasteiger partial charge in [0.25, 0.3) is 0 Å². The summed E-state index contributed by atoms with van der Waals surface area (Å²) < 4.78 is 29.3. The lowest BCUT2D eigenvalue weighted by molar-refractivity contribution is 0.313.